The van der Waals surface area contributed by atoms with E-state index in [0.29, 0.717) is 117 Å². The van der Waals surface area contributed by atoms with Gasteiger partial charge >= 0.3 is 23.9 Å². The number of allylic oxidation sites excluding steroid dienone is 2. The molecule has 0 radical (unpaired) electrons. The van der Waals surface area contributed by atoms with Gasteiger partial charge in [-0.2, -0.15) is 4.98 Å². The minimum Gasteiger partial charge on any atom is -0.491 e. The van der Waals surface area contributed by atoms with Crippen LogP contribution in [0.2, 0.25) is 10.0 Å². The zero-order valence-electron chi connectivity index (χ0n) is 77.0. The SMILES string of the molecule is C=C[C@@H]1CC1(CC(=O)[C@@H]1C[C@@H](Oc2cc(-c3coc(NC(C)C)n3)nc3c(Cl)c(OCC=O)ccc23)CN1C(=O)[C@@H](CC(=O)OC1C[C@@H]2C[C@@H]2C1)C(C)(C)C)C(=O)O.C=C[C@@H]1CC1(CC(=O)[C@@H]1C[C@@H](Oc2cc(-c3csc(NC(C)C)n3)nc3c(Cl)c(OCCN4CC[C@@H](OC)C4)ccc23)CN1C(=O)[C@@H](CC(=O)OC1C[C@@H]2C[C@@H]2C1)C(C)(C)C)C(=O)OC.COC1CCCC1. The minimum atomic E-state index is -1.29. The van der Waals surface area contributed by atoms with Crippen molar-refractivity contribution in [3.63, 3.8) is 0 Å². The molecule has 16 rings (SSSR count). The molecule has 0 spiro atoms. The van der Waals surface area contributed by atoms with Gasteiger partial charge in [0.25, 0.3) is 6.01 Å². The fourth-order valence-electron chi connectivity index (χ4n) is 20.1. The first-order valence-electron chi connectivity index (χ1n) is 46.1. The lowest BCUT2D eigenvalue weighted by Crippen LogP contribution is -2.48. The van der Waals surface area contributed by atoms with Crippen LogP contribution in [-0.2, 0) is 66.8 Å². The lowest BCUT2D eigenvalue weighted by molar-refractivity contribution is -0.157. The molecule has 6 aromatic rings. The third-order valence-electron chi connectivity index (χ3n) is 27.9. The van der Waals surface area contributed by atoms with Gasteiger partial charge in [0.1, 0.15) is 88.3 Å². The largest absolute Gasteiger partial charge is 0.491 e. The number of carbonyl (C=O) groups is 9. The van der Waals surface area contributed by atoms with Crippen LogP contribution in [0.3, 0.4) is 0 Å². The van der Waals surface area contributed by atoms with Gasteiger partial charge in [-0.3, -0.25) is 48.1 Å². The van der Waals surface area contributed by atoms with E-state index in [0.717, 1.165) is 50.3 Å². The Morgan fingerprint density at radius 1 is 0.592 bits per heavy atom. The third-order valence-corrected chi connectivity index (χ3v) is 29.4. The summed E-state index contributed by atoms with van der Waals surface area (Å²) in [5, 5.41) is 20.9. The standard InChI is InChI=1S/C49H64ClN5O9S.C43H51ClN4O10.C6H12O/c1-9-30-22-49(30,46(59)61-8)23-39(56)38-19-33(25-55(38)45(58)35(48(4,5)6)20-42(57)64-32-17-28-16-29(28)18-32)63-41-21-36(37-26-65-47(53-37)51-27(2)3)52-44-34(41)10-11-40(43(44)50)62-15-14-54-13-12-31(24-54)60-7;1-7-25-18-43(25,40(53)54)19-33(50)32-15-27(20-48(32)39(52)29(42(4,5)6)16-36(51)58-26-13-23-12-24(23)14-26)57-35-17-30(31-21-56-41(47-31)45-22(2)3)46-38-28(35)8-9-34(37(38)44)55-11-10-49;1-7-6-4-2-3-5-6/h9-11,21,26-33,35,38H,1,12-20,22-25H2,2-8H3,(H,51,53);7-10,17,21-27,29,32H,1,11-16,18-20H2,2-6H3,(H,45,47)(H,53,54);6H,2-5H2,1H3/t28-,29+,30-,31-,32?,33-,35-,38+,49?;23-,24+,25-,26?,27-,29-,32+,43?;/m11./s1. The average molecular weight is 1850 g/mol. The smallest absolute Gasteiger partial charge is 0.312 e. The summed E-state index contributed by atoms with van der Waals surface area (Å²) >= 11 is 15.4. The van der Waals surface area contributed by atoms with Crippen LogP contribution in [0.4, 0.5) is 11.1 Å². The number of aldehydes is 1. The van der Waals surface area contributed by atoms with E-state index in [2.05, 4.69) is 33.7 Å². The zero-order chi connectivity index (χ0) is 93.2. The van der Waals surface area contributed by atoms with Gasteiger partial charge in [-0.05, 0) is 169 Å². The number of pyridine rings is 2. The molecule has 130 heavy (non-hydrogen) atoms. The van der Waals surface area contributed by atoms with Crippen LogP contribution in [0, 0.1) is 69.0 Å². The third kappa shape index (κ3) is 22.4. The monoisotopic (exact) mass is 1850 g/mol. The van der Waals surface area contributed by atoms with E-state index in [1.165, 1.54) is 68.1 Å². The maximum atomic E-state index is 15.0. The summed E-state index contributed by atoms with van der Waals surface area (Å²) in [4.78, 5) is 147. The molecular formula is C98H127Cl2N9O20S. The Balaban J connectivity index is 0.000000196. The second-order valence-electron chi connectivity index (χ2n) is 40.0. The predicted octanol–water partition coefficient (Wildman–Crippen LogP) is 16.5. The number of nitrogens with one attached hydrogen (secondary N) is 2. The van der Waals surface area contributed by atoms with E-state index in [1.807, 2.05) is 92.8 Å². The van der Waals surface area contributed by atoms with Gasteiger partial charge in [-0.1, -0.05) is 89.7 Å². The van der Waals surface area contributed by atoms with Gasteiger partial charge in [0, 0.05) is 99.9 Å². The van der Waals surface area contributed by atoms with Crippen LogP contribution in [0.15, 0.2) is 77.8 Å². The number of Topliss-reactive ketones (excluding diaryl/α,β-unsaturated/α-hetero) is 2. The molecule has 10 aliphatic rings. The quantitative estimate of drug-likeness (QED) is 0.0141. The number of esters is 3. The van der Waals surface area contributed by atoms with Gasteiger partial charge < -0.3 is 72.6 Å². The molecule has 2 aromatic carbocycles. The van der Waals surface area contributed by atoms with E-state index in [4.69, 9.17) is 85.2 Å². The number of halogens is 2. The number of ketones is 2. The number of benzene rings is 2. The number of carbonyl (C=O) groups excluding carboxylic acids is 8. The van der Waals surface area contributed by atoms with Gasteiger partial charge in [-0.15, -0.1) is 24.5 Å². The van der Waals surface area contributed by atoms with Gasteiger partial charge in [0.15, 0.2) is 23.0 Å². The van der Waals surface area contributed by atoms with Crippen molar-refractivity contribution in [1.82, 2.24) is 34.6 Å². The number of ether oxygens (including phenoxy) is 9. The molecule has 7 aliphatic carbocycles. The van der Waals surface area contributed by atoms with E-state index < -0.39 is 93.4 Å². The van der Waals surface area contributed by atoms with E-state index in [-0.39, 0.29) is 141 Å². The molecule has 32 heteroatoms. The van der Waals surface area contributed by atoms with Gasteiger partial charge in [-0.25, -0.2) is 15.0 Å². The maximum Gasteiger partial charge on any atom is 0.312 e. The lowest BCUT2D eigenvalue weighted by atomic mass is 9.77. The first kappa shape index (κ1) is 96.7. The second kappa shape index (κ2) is 40.6. The Morgan fingerprint density at radius 3 is 1.53 bits per heavy atom. The number of aromatic nitrogens is 4. The second-order valence-corrected chi connectivity index (χ2v) is 41.6. The molecule has 17 atom stereocenters. The zero-order valence-corrected chi connectivity index (χ0v) is 79.4. The predicted molar refractivity (Wildman–Crippen MR) is 492 cm³/mol. The highest BCUT2D eigenvalue weighted by Gasteiger charge is 2.63. The molecule has 0 bridgehead atoms. The summed E-state index contributed by atoms with van der Waals surface area (Å²) in [5.74, 6) is -2.06. The number of aliphatic carboxylic acids is 1. The molecule has 3 saturated heterocycles. The molecule has 7 heterocycles. The summed E-state index contributed by atoms with van der Waals surface area (Å²) in [5.41, 5.74) is -1.07. The van der Waals surface area contributed by atoms with Crippen LogP contribution in [-0.4, -0.2) is 221 Å². The van der Waals surface area contributed by atoms with Crippen molar-refractivity contribution in [3.05, 3.63) is 83.4 Å². The van der Waals surface area contributed by atoms with Crippen molar-refractivity contribution in [2.24, 2.45) is 69.0 Å². The first-order valence-corrected chi connectivity index (χ1v) is 47.7. The number of oxazole rings is 1. The number of rotatable bonds is 37. The van der Waals surface area contributed by atoms with Crippen LogP contribution >= 0.6 is 34.5 Å². The Hall–Kier alpha value is -9.33. The van der Waals surface area contributed by atoms with E-state index in [9.17, 15) is 48.3 Å². The number of carboxylic acid groups (broad SMARTS) is 1. The summed E-state index contributed by atoms with van der Waals surface area (Å²) in [6.07, 6.45) is 16.8. The minimum absolute atomic E-state index is 0.0202. The van der Waals surface area contributed by atoms with E-state index in [1.54, 1.807) is 49.5 Å². The van der Waals surface area contributed by atoms with Crippen molar-refractivity contribution in [3.8, 4) is 45.8 Å². The highest BCUT2D eigenvalue weighted by molar-refractivity contribution is 7.14. The number of hydrogen-bond acceptors (Lipinski definition) is 27. The fourth-order valence-corrected chi connectivity index (χ4v) is 21.5. The summed E-state index contributed by atoms with van der Waals surface area (Å²) in [7, 11) is 4.86. The molecule has 4 unspecified atom stereocenters. The first-order chi connectivity index (χ1) is 61.9. The molecule has 3 aliphatic heterocycles. The highest BCUT2D eigenvalue weighted by atomic mass is 35.5. The number of carboxylic acids is 1. The molecule has 29 nitrogen and oxygen atoms in total. The fraction of sp³-hybridized carbons (Fsp3) is 0.622. The Labute approximate surface area is 774 Å². The van der Waals surface area contributed by atoms with Crippen molar-refractivity contribution in [2.45, 2.75) is 252 Å². The number of hydrogen-bond donors (Lipinski definition) is 3. The molecule has 704 valence electrons. The molecule has 4 aromatic heterocycles. The maximum absolute atomic E-state index is 15.0. The van der Waals surface area contributed by atoms with Crippen molar-refractivity contribution in [2.75, 3.05) is 77.9 Å². The van der Waals surface area contributed by atoms with Crippen molar-refractivity contribution in [1.29, 1.82) is 0 Å². The van der Waals surface area contributed by atoms with Crippen LogP contribution in [0.25, 0.3) is 44.6 Å². The van der Waals surface area contributed by atoms with Crippen molar-refractivity contribution >= 4 is 121 Å². The van der Waals surface area contributed by atoms with Crippen LogP contribution < -0.4 is 29.6 Å². The number of anilines is 2. The van der Waals surface area contributed by atoms with Gasteiger partial charge in [0.05, 0.1) is 102 Å². The number of nitrogens with zero attached hydrogens (tertiary/aromatic N) is 7. The summed E-state index contributed by atoms with van der Waals surface area (Å²) < 4.78 is 58.7. The normalized spacial score (nSPS) is 26.9. The molecule has 2 amide bonds. The molecule has 10 fully saturated rings. The Bertz CT molecular complexity index is 5180. The highest BCUT2D eigenvalue weighted by Crippen LogP contribution is 2.59. The Morgan fingerprint density at radius 2 is 1.08 bits per heavy atom. The average Bonchev–Trinajstić information content (AvgIpc) is 1.52. The number of fused-ring (bicyclic) bond motifs is 4. The van der Waals surface area contributed by atoms with E-state index >= 15 is 0 Å². The van der Waals surface area contributed by atoms with Crippen molar-refractivity contribution < 1.29 is 95.3 Å². The molecular weight excluding hydrogens is 1730 g/mol. The Kier molecular flexibility index (Phi) is 30.2. The summed E-state index contributed by atoms with van der Waals surface area (Å²) in [6.45, 7) is 29.8. The van der Waals surface area contributed by atoms with Crippen LogP contribution in [0.1, 0.15) is 191 Å². The van der Waals surface area contributed by atoms with Gasteiger partial charge in [0.2, 0.25) is 11.8 Å². The number of likely N-dealkylation sites (tertiary alicyclic amines) is 3. The number of amides is 2. The lowest BCUT2D eigenvalue weighted by Gasteiger charge is -2.35. The topological polar surface area (TPSA) is 355 Å². The molecule has 7 saturated carbocycles. The molecule has 3 N–H and O–H groups in total. The van der Waals surface area contributed by atoms with Crippen LogP contribution in [0.5, 0.6) is 23.0 Å². The summed E-state index contributed by atoms with van der Waals surface area (Å²) in [6, 6.07) is 8.98. The number of thiazole rings is 1. The number of methoxy groups -OCH3 is 3.